The van der Waals surface area contributed by atoms with Crippen LogP contribution < -0.4 is 5.32 Å². The highest BCUT2D eigenvalue weighted by molar-refractivity contribution is 5.12. The minimum atomic E-state index is 0.337. The summed E-state index contributed by atoms with van der Waals surface area (Å²) in [5, 5.41) is 3.53. The van der Waals surface area contributed by atoms with Crippen LogP contribution in [0.15, 0.2) is 18.2 Å². The van der Waals surface area contributed by atoms with E-state index in [2.05, 4.69) is 42.3 Å². The molecule has 2 fully saturated rings. The molecule has 19 heavy (non-hydrogen) atoms. The lowest BCUT2D eigenvalue weighted by Gasteiger charge is -2.31. The second-order valence-corrected chi connectivity index (χ2v) is 6.61. The van der Waals surface area contributed by atoms with E-state index in [-0.39, 0.29) is 0 Å². The number of likely N-dealkylation sites (tertiary alicyclic amines) is 1. The van der Waals surface area contributed by atoms with E-state index in [1.807, 2.05) is 0 Å². The Morgan fingerprint density at radius 3 is 2.79 bits per heavy atom. The van der Waals surface area contributed by atoms with Crippen LogP contribution in [0.2, 0.25) is 0 Å². The van der Waals surface area contributed by atoms with Crippen molar-refractivity contribution in [2.45, 2.75) is 64.2 Å². The first-order valence-corrected chi connectivity index (χ1v) is 7.57. The van der Waals surface area contributed by atoms with Crippen molar-refractivity contribution < 1.29 is 0 Å². The van der Waals surface area contributed by atoms with Crippen LogP contribution in [0.5, 0.6) is 0 Å². The van der Waals surface area contributed by atoms with Gasteiger partial charge in [0.2, 0.25) is 0 Å². The number of aromatic nitrogens is 1. The summed E-state index contributed by atoms with van der Waals surface area (Å²) in [5.41, 5.74) is 2.73. The Kier molecular flexibility index (Phi) is 3.59. The maximum Gasteiger partial charge on any atom is 0.0548 e. The monoisotopic (exact) mass is 259 g/mol. The fourth-order valence-corrected chi connectivity index (χ4v) is 2.90. The number of pyridine rings is 1. The third-order valence-electron chi connectivity index (χ3n) is 4.44. The molecule has 1 aliphatic heterocycles. The second-order valence-electron chi connectivity index (χ2n) is 6.61. The zero-order valence-corrected chi connectivity index (χ0v) is 12.2. The Morgan fingerprint density at radius 2 is 2.11 bits per heavy atom. The summed E-state index contributed by atoms with van der Waals surface area (Å²) in [5.74, 6) is 0. The van der Waals surface area contributed by atoms with E-state index in [1.165, 1.54) is 43.6 Å². The molecule has 0 bridgehead atoms. The van der Waals surface area contributed by atoms with Gasteiger partial charge in [0.1, 0.15) is 0 Å². The van der Waals surface area contributed by atoms with E-state index in [1.54, 1.807) is 0 Å². The van der Waals surface area contributed by atoms with Gasteiger partial charge in [0.15, 0.2) is 0 Å². The van der Waals surface area contributed by atoms with Gasteiger partial charge in [-0.3, -0.25) is 9.88 Å². The Balaban J connectivity index is 1.62. The molecule has 1 aliphatic carbocycles. The molecule has 0 amide bonds. The molecule has 0 unspecified atom stereocenters. The molecular formula is C16H25N3. The molecule has 3 nitrogen and oxygen atoms in total. The highest BCUT2D eigenvalue weighted by Gasteiger charge is 2.31. The highest BCUT2D eigenvalue weighted by atomic mass is 15.2. The Morgan fingerprint density at radius 1 is 1.32 bits per heavy atom. The van der Waals surface area contributed by atoms with Crippen molar-refractivity contribution in [1.82, 2.24) is 15.2 Å². The lowest BCUT2D eigenvalue weighted by molar-refractivity contribution is 0.164. The van der Waals surface area contributed by atoms with E-state index < -0.39 is 0 Å². The van der Waals surface area contributed by atoms with Crippen LogP contribution >= 0.6 is 0 Å². The standard InChI is InChI=1S/C16H25N3/c1-16(2)9-4-10-19(16)12-15-6-3-5-14(18-15)11-17-13-7-8-13/h3,5-6,13,17H,4,7-12H2,1-2H3. The Labute approximate surface area is 116 Å². The average molecular weight is 259 g/mol. The predicted molar refractivity (Wildman–Crippen MR) is 77.8 cm³/mol. The second kappa shape index (κ2) is 5.22. The number of rotatable bonds is 5. The number of nitrogens with zero attached hydrogens (tertiary/aromatic N) is 2. The van der Waals surface area contributed by atoms with E-state index in [4.69, 9.17) is 4.98 Å². The predicted octanol–water partition coefficient (Wildman–Crippen LogP) is 2.71. The third kappa shape index (κ3) is 3.34. The first kappa shape index (κ1) is 13.1. The lowest BCUT2D eigenvalue weighted by atomic mass is 10.0. The molecule has 1 N–H and O–H groups in total. The lowest BCUT2D eigenvalue weighted by Crippen LogP contribution is -2.37. The molecule has 104 valence electrons. The first-order chi connectivity index (χ1) is 9.13. The van der Waals surface area contributed by atoms with Gasteiger partial charge in [-0.1, -0.05) is 6.07 Å². The SMILES string of the molecule is CC1(C)CCCN1Cc1cccc(CNC2CC2)n1. The van der Waals surface area contributed by atoms with Gasteiger partial charge in [0.05, 0.1) is 11.4 Å². The summed E-state index contributed by atoms with van der Waals surface area (Å²) in [6.07, 6.45) is 5.29. The summed E-state index contributed by atoms with van der Waals surface area (Å²) in [6, 6.07) is 7.20. The Bertz CT molecular complexity index is 437. The zero-order chi connectivity index (χ0) is 13.3. The summed E-state index contributed by atoms with van der Waals surface area (Å²) in [6.45, 7) is 7.81. The molecule has 2 heterocycles. The molecule has 1 aromatic heterocycles. The summed E-state index contributed by atoms with van der Waals surface area (Å²) in [7, 11) is 0. The van der Waals surface area contributed by atoms with Gasteiger partial charge in [0.25, 0.3) is 0 Å². The van der Waals surface area contributed by atoms with Crippen molar-refractivity contribution >= 4 is 0 Å². The number of hydrogen-bond donors (Lipinski definition) is 1. The van der Waals surface area contributed by atoms with Crippen molar-refractivity contribution in [3.05, 3.63) is 29.6 Å². The molecule has 1 aromatic rings. The van der Waals surface area contributed by atoms with Gasteiger partial charge in [-0.2, -0.15) is 0 Å². The molecule has 1 saturated heterocycles. The fourth-order valence-electron chi connectivity index (χ4n) is 2.90. The van der Waals surface area contributed by atoms with Crippen molar-refractivity contribution in [2.75, 3.05) is 6.54 Å². The summed E-state index contributed by atoms with van der Waals surface area (Å²) >= 11 is 0. The molecule has 0 aromatic carbocycles. The van der Waals surface area contributed by atoms with E-state index in [9.17, 15) is 0 Å². The van der Waals surface area contributed by atoms with E-state index in [0.29, 0.717) is 5.54 Å². The van der Waals surface area contributed by atoms with Gasteiger partial charge in [-0.25, -0.2) is 0 Å². The third-order valence-corrected chi connectivity index (χ3v) is 4.44. The summed E-state index contributed by atoms with van der Waals surface area (Å²) in [4.78, 5) is 7.36. The van der Waals surface area contributed by atoms with Crippen LogP contribution in [0.25, 0.3) is 0 Å². The van der Waals surface area contributed by atoms with Crippen molar-refractivity contribution in [2.24, 2.45) is 0 Å². The zero-order valence-electron chi connectivity index (χ0n) is 12.2. The molecular weight excluding hydrogens is 234 g/mol. The van der Waals surface area contributed by atoms with Crippen LogP contribution in [-0.2, 0) is 13.1 Å². The van der Waals surface area contributed by atoms with Crippen LogP contribution in [0.1, 0.15) is 50.9 Å². The van der Waals surface area contributed by atoms with Crippen molar-refractivity contribution in [3.63, 3.8) is 0 Å². The minimum absolute atomic E-state index is 0.337. The quantitative estimate of drug-likeness (QED) is 0.881. The Hall–Kier alpha value is -0.930. The molecule has 1 saturated carbocycles. The largest absolute Gasteiger partial charge is 0.308 e. The van der Waals surface area contributed by atoms with E-state index >= 15 is 0 Å². The molecule has 3 rings (SSSR count). The maximum atomic E-state index is 4.80. The van der Waals surface area contributed by atoms with Crippen LogP contribution in [-0.4, -0.2) is 28.0 Å². The number of hydrogen-bond acceptors (Lipinski definition) is 3. The van der Waals surface area contributed by atoms with Crippen molar-refractivity contribution in [1.29, 1.82) is 0 Å². The van der Waals surface area contributed by atoms with Gasteiger partial charge in [-0.15, -0.1) is 0 Å². The molecule has 0 atom stereocenters. The summed E-state index contributed by atoms with van der Waals surface area (Å²) < 4.78 is 0. The average Bonchev–Trinajstić information content (AvgIpc) is 3.14. The van der Waals surface area contributed by atoms with Gasteiger partial charge >= 0.3 is 0 Å². The van der Waals surface area contributed by atoms with Gasteiger partial charge in [-0.05, 0) is 58.2 Å². The highest BCUT2D eigenvalue weighted by Crippen LogP contribution is 2.29. The number of nitrogens with one attached hydrogen (secondary N) is 1. The fraction of sp³-hybridized carbons (Fsp3) is 0.688. The molecule has 0 radical (unpaired) electrons. The topological polar surface area (TPSA) is 28.2 Å². The molecule has 2 aliphatic rings. The minimum Gasteiger partial charge on any atom is -0.308 e. The van der Waals surface area contributed by atoms with Gasteiger partial charge in [0, 0.05) is 24.7 Å². The molecule has 0 spiro atoms. The van der Waals surface area contributed by atoms with Crippen LogP contribution in [0, 0.1) is 0 Å². The smallest absolute Gasteiger partial charge is 0.0548 e. The first-order valence-electron chi connectivity index (χ1n) is 7.57. The van der Waals surface area contributed by atoms with Crippen molar-refractivity contribution in [3.8, 4) is 0 Å². The normalized spacial score (nSPS) is 22.8. The van der Waals surface area contributed by atoms with Crippen LogP contribution in [0.4, 0.5) is 0 Å². The van der Waals surface area contributed by atoms with Gasteiger partial charge < -0.3 is 5.32 Å². The van der Waals surface area contributed by atoms with Crippen LogP contribution in [0.3, 0.4) is 0 Å². The van der Waals surface area contributed by atoms with E-state index in [0.717, 1.165) is 19.1 Å². The maximum absolute atomic E-state index is 4.80. The molecule has 3 heteroatoms.